The SMILES string of the molecule is CC(C)C(C(=O)N[C@@H](Cc1ccccc1)CC(O)CN)N(C)CCCNC=O.Cc1ccccc1. The van der Waals surface area contributed by atoms with Crippen LogP contribution >= 0.6 is 0 Å². The van der Waals surface area contributed by atoms with Gasteiger partial charge in [-0.05, 0) is 44.7 Å². The van der Waals surface area contributed by atoms with Crippen molar-refractivity contribution >= 4 is 12.3 Å². The minimum Gasteiger partial charge on any atom is -0.392 e. The van der Waals surface area contributed by atoms with Crippen molar-refractivity contribution in [3.05, 3.63) is 71.8 Å². The molecule has 5 N–H and O–H groups in total. The van der Waals surface area contributed by atoms with Gasteiger partial charge in [-0.2, -0.15) is 0 Å². The van der Waals surface area contributed by atoms with Gasteiger partial charge in [0, 0.05) is 25.7 Å². The number of amides is 2. The van der Waals surface area contributed by atoms with E-state index in [0.29, 0.717) is 32.3 Å². The average molecular weight is 485 g/mol. The number of aliphatic hydroxyl groups is 1. The third-order valence-electron chi connectivity index (χ3n) is 5.73. The molecule has 0 heterocycles. The van der Waals surface area contributed by atoms with Crippen LogP contribution in [-0.4, -0.2) is 67.2 Å². The molecule has 0 aliphatic heterocycles. The molecule has 2 amide bonds. The van der Waals surface area contributed by atoms with Crippen molar-refractivity contribution in [3.63, 3.8) is 0 Å². The highest BCUT2D eigenvalue weighted by molar-refractivity contribution is 5.82. The van der Waals surface area contributed by atoms with Gasteiger partial charge in [-0.15, -0.1) is 0 Å². The van der Waals surface area contributed by atoms with Crippen molar-refractivity contribution < 1.29 is 14.7 Å². The summed E-state index contributed by atoms with van der Waals surface area (Å²) in [6.07, 6.45) is 1.85. The Bertz CT molecular complexity index is 817. The number of nitrogens with one attached hydrogen (secondary N) is 2. The van der Waals surface area contributed by atoms with E-state index >= 15 is 0 Å². The summed E-state index contributed by atoms with van der Waals surface area (Å²) in [5.41, 5.74) is 8.00. The molecule has 7 nitrogen and oxygen atoms in total. The van der Waals surface area contributed by atoms with E-state index in [1.54, 1.807) is 0 Å². The number of likely N-dealkylation sites (N-methyl/N-ethyl adjacent to an activating group) is 1. The van der Waals surface area contributed by atoms with E-state index < -0.39 is 6.10 Å². The maximum atomic E-state index is 13.0. The summed E-state index contributed by atoms with van der Waals surface area (Å²) in [6, 6.07) is 19.7. The Balaban J connectivity index is 0.000000744. The van der Waals surface area contributed by atoms with Gasteiger partial charge in [0.1, 0.15) is 0 Å². The van der Waals surface area contributed by atoms with Gasteiger partial charge in [-0.25, -0.2) is 0 Å². The van der Waals surface area contributed by atoms with Gasteiger partial charge in [0.2, 0.25) is 12.3 Å². The molecule has 7 heteroatoms. The summed E-state index contributed by atoms with van der Waals surface area (Å²) in [6.45, 7) is 7.57. The van der Waals surface area contributed by atoms with E-state index in [9.17, 15) is 14.7 Å². The largest absolute Gasteiger partial charge is 0.392 e. The first-order valence-corrected chi connectivity index (χ1v) is 12.4. The molecule has 3 atom stereocenters. The normalized spacial score (nSPS) is 13.4. The average Bonchev–Trinajstić information content (AvgIpc) is 2.83. The van der Waals surface area contributed by atoms with Crippen molar-refractivity contribution in [2.45, 2.75) is 58.2 Å². The highest BCUT2D eigenvalue weighted by Gasteiger charge is 2.28. The van der Waals surface area contributed by atoms with Crippen LogP contribution in [0.3, 0.4) is 0 Å². The lowest BCUT2D eigenvalue weighted by atomic mass is 9.97. The van der Waals surface area contributed by atoms with Crippen LogP contribution in [-0.2, 0) is 16.0 Å². The minimum absolute atomic E-state index is 0.0500. The minimum atomic E-state index is -0.654. The monoisotopic (exact) mass is 484 g/mol. The number of hydrogen-bond donors (Lipinski definition) is 4. The highest BCUT2D eigenvalue weighted by atomic mass is 16.3. The van der Waals surface area contributed by atoms with Crippen LogP contribution in [0, 0.1) is 12.8 Å². The summed E-state index contributed by atoms with van der Waals surface area (Å²) in [5, 5.41) is 15.8. The van der Waals surface area contributed by atoms with Crippen molar-refractivity contribution in [1.82, 2.24) is 15.5 Å². The molecule has 0 saturated heterocycles. The molecular formula is C28H44N4O3. The van der Waals surface area contributed by atoms with Crippen molar-refractivity contribution in [2.24, 2.45) is 11.7 Å². The Kier molecular flexibility index (Phi) is 15.3. The number of hydrogen-bond acceptors (Lipinski definition) is 5. The lowest BCUT2D eigenvalue weighted by molar-refractivity contribution is -0.128. The molecule has 2 unspecified atom stereocenters. The van der Waals surface area contributed by atoms with Crippen LogP contribution in [0.25, 0.3) is 0 Å². The van der Waals surface area contributed by atoms with Crippen LogP contribution < -0.4 is 16.4 Å². The molecule has 0 aliphatic rings. The molecule has 2 aromatic rings. The van der Waals surface area contributed by atoms with Gasteiger partial charge in [0.15, 0.2) is 0 Å². The van der Waals surface area contributed by atoms with E-state index in [1.807, 2.05) is 74.3 Å². The number of rotatable bonds is 14. The van der Waals surface area contributed by atoms with Gasteiger partial charge in [-0.3, -0.25) is 14.5 Å². The smallest absolute Gasteiger partial charge is 0.237 e. The highest BCUT2D eigenvalue weighted by Crippen LogP contribution is 2.13. The maximum absolute atomic E-state index is 13.0. The van der Waals surface area contributed by atoms with Crippen LogP contribution in [0.1, 0.15) is 37.8 Å². The number of benzene rings is 2. The molecule has 2 aromatic carbocycles. The predicted octanol–water partition coefficient (Wildman–Crippen LogP) is 2.51. The summed E-state index contributed by atoms with van der Waals surface area (Å²) in [4.78, 5) is 25.4. The molecule has 0 aliphatic carbocycles. The number of carbonyl (C=O) groups excluding carboxylic acids is 2. The fraction of sp³-hybridized carbons (Fsp3) is 0.500. The molecule has 194 valence electrons. The molecule has 35 heavy (non-hydrogen) atoms. The fourth-order valence-corrected chi connectivity index (χ4v) is 3.98. The Hall–Kier alpha value is -2.74. The topological polar surface area (TPSA) is 108 Å². The first kappa shape index (κ1) is 30.3. The standard InChI is InChI=1S/C21H36N4O3.C7H8/c1-16(2)20(25(3)11-7-10-23-15-26)21(28)24-18(13-19(27)14-22)12-17-8-5-4-6-9-17;1-7-5-3-2-4-6-7/h4-6,8-9,15-16,18-20,27H,7,10-14,22H2,1-3H3,(H,23,26)(H,24,28);2-6H,1H3/t18-,19?,20?;/m0./s1. The lowest BCUT2D eigenvalue weighted by Gasteiger charge is -2.32. The second kappa shape index (κ2) is 17.7. The molecular weight excluding hydrogens is 440 g/mol. The number of aryl methyl sites for hydroxylation is 1. The Morgan fingerprint density at radius 1 is 1.09 bits per heavy atom. The molecule has 0 aromatic heterocycles. The number of carbonyl (C=O) groups is 2. The van der Waals surface area contributed by atoms with E-state index in [2.05, 4.69) is 29.7 Å². The van der Waals surface area contributed by atoms with Gasteiger partial charge in [0.05, 0.1) is 12.1 Å². The zero-order valence-electron chi connectivity index (χ0n) is 21.7. The Morgan fingerprint density at radius 3 is 2.17 bits per heavy atom. The molecule has 0 saturated carbocycles. The van der Waals surface area contributed by atoms with Crippen molar-refractivity contribution in [3.8, 4) is 0 Å². The van der Waals surface area contributed by atoms with Crippen LogP contribution in [0.15, 0.2) is 60.7 Å². The quantitative estimate of drug-likeness (QED) is 0.243. The predicted molar refractivity (Wildman–Crippen MR) is 143 cm³/mol. The van der Waals surface area contributed by atoms with Crippen LogP contribution in [0.5, 0.6) is 0 Å². The summed E-state index contributed by atoms with van der Waals surface area (Å²) < 4.78 is 0. The third-order valence-corrected chi connectivity index (χ3v) is 5.73. The third kappa shape index (κ3) is 13.1. The van der Waals surface area contributed by atoms with Crippen molar-refractivity contribution in [1.29, 1.82) is 0 Å². The lowest BCUT2D eigenvalue weighted by Crippen LogP contribution is -2.52. The Labute approximate surface area is 211 Å². The van der Waals surface area contributed by atoms with Gasteiger partial charge < -0.3 is 21.5 Å². The van der Waals surface area contributed by atoms with Gasteiger partial charge >= 0.3 is 0 Å². The van der Waals surface area contributed by atoms with Crippen LogP contribution in [0.2, 0.25) is 0 Å². The first-order valence-electron chi connectivity index (χ1n) is 12.4. The number of aliphatic hydroxyl groups excluding tert-OH is 1. The Morgan fingerprint density at radius 2 is 1.69 bits per heavy atom. The number of nitrogens with zero attached hydrogens (tertiary/aromatic N) is 1. The molecule has 0 fully saturated rings. The summed E-state index contributed by atoms with van der Waals surface area (Å²) in [7, 11) is 1.92. The molecule has 2 rings (SSSR count). The van der Waals surface area contributed by atoms with E-state index in [1.165, 1.54) is 5.56 Å². The van der Waals surface area contributed by atoms with Gasteiger partial charge in [-0.1, -0.05) is 80.1 Å². The second-order valence-corrected chi connectivity index (χ2v) is 9.27. The summed E-state index contributed by atoms with van der Waals surface area (Å²) in [5.74, 6) is 0.0758. The number of nitrogens with two attached hydrogens (primary N) is 1. The maximum Gasteiger partial charge on any atom is 0.237 e. The molecule has 0 bridgehead atoms. The van der Waals surface area contributed by atoms with E-state index in [4.69, 9.17) is 5.73 Å². The fourth-order valence-electron chi connectivity index (χ4n) is 3.98. The zero-order valence-corrected chi connectivity index (χ0v) is 21.7. The first-order chi connectivity index (χ1) is 16.8. The molecule has 0 spiro atoms. The van der Waals surface area contributed by atoms with Gasteiger partial charge in [0.25, 0.3) is 0 Å². The molecule has 0 radical (unpaired) electrons. The van der Waals surface area contributed by atoms with Crippen molar-refractivity contribution in [2.75, 3.05) is 26.7 Å². The second-order valence-electron chi connectivity index (χ2n) is 9.27. The van der Waals surface area contributed by atoms with E-state index in [0.717, 1.165) is 12.0 Å². The van der Waals surface area contributed by atoms with Crippen LogP contribution in [0.4, 0.5) is 0 Å². The summed E-state index contributed by atoms with van der Waals surface area (Å²) >= 11 is 0. The van der Waals surface area contributed by atoms with E-state index in [-0.39, 0.29) is 30.5 Å². The zero-order chi connectivity index (χ0) is 26.1.